The Morgan fingerprint density at radius 3 is 2.90 bits per heavy atom. The molecule has 2 aromatic heterocycles. The summed E-state index contributed by atoms with van der Waals surface area (Å²) in [5, 5.41) is 23.3. The molecule has 1 aliphatic heterocycles. The van der Waals surface area contributed by atoms with Crippen LogP contribution >= 0.6 is 0 Å². The number of nitrogens with zero attached hydrogens (tertiary/aromatic N) is 4. The fraction of sp³-hybridized carbons (Fsp3) is 0.182. The zero-order valence-electron chi connectivity index (χ0n) is 15.7. The van der Waals surface area contributed by atoms with E-state index in [9.17, 15) is 14.3 Å². The molecule has 0 radical (unpaired) electrons. The van der Waals surface area contributed by atoms with E-state index in [1.807, 2.05) is 18.2 Å². The topological polar surface area (TPSA) is 105 Å². The number of aliphatic carboxylic acids is 1. The smallest absolute Gasteiger partial charge is 0.305 e. The van der Waals surface area contributed by atoms with Crippen LogP contribution in [0, 0.1) is 17.1 Å². The number of carboxylic acid groups (broad SMARTS) is 1. The van der Waals surface area contributed by atoms with Crippen molar-refractivity contribution >= 4 is 16.9 Å². The van der Waals surface area contributed by atoms with Crippen LogP contribution in [0.4, 0.5) is 4.39 Å². The summed E-state index contributed by atoms with van der Waals surface area (Å²) in [6.07, 6.45) is 1.74. The van der Waals surface area contributed by atoms with E-state index in [0.29, 0.717) is 11.4 Å². The molecule has 3 heterocycles. The third-order valence-electron chi connectivity index (χ3n) is 5.45. The number of halogens is 1. The molecule has 0 amide bonds. The van der Waals surface area contributed by atoms with Crippen molar-refractivity contribution < 1.29 is 18.8 Å². The van der Waals surface area contributed by atoms with E-state index < -0.39 is 11.8 Å². The molecule has 1 atom stereocenters. The first-order valence-corrected chi connectivity index (χ1v) is 9.43. The second-order valence-corrected chi connectivity index (χ2v) is 7.30. The van der Waals surface area contributed by atoms with E-state index in [1.165, 1.54) is 18.2 Å². The number of hydrogen-bond donors (Lipinski definition) is 1. The average molecular weight is 402 g/mol. The van der Waals surface area contributed by atoms with Crippen molar-refractivity contribution in [3.8, 4) is 28.9 Å². The lowest BCUT2D eigenvalue weighted by molar-refractivity contribution is -0.137. The first-order valence-electron chi connectivity index (χ1n) is 9.43. The number of nitriles is 1. The molecular weight excluding hydrogens is 387 g/mol. The van der Waals surface area contributed by atoms with E-state index in [4.69, 9.17) is 9.78 Å². The second kappa shape index (κ2) is 6.81. The predicted molar refractivity (Wildman–Crippen MR) is 105 cm³/mol. The van der Waals surface area contributed by atoms with Crippen molar-refractivity contribution in [1.82, 2.24) is 14.7 Å². The third-order valence-corrected chi connectivity index (χ3v) is 5.45. The van der Waals surface area contributed by atoms with Crippen molar-refractivity contribution in [2.24, 2.45) is 0 Å². The van der Waals surface area contributed by atoms with Gasteiger partial charge in [-0.3, -0.25) is 4.79 Å². The molecule has 2 aromatic carbocycles. The number of benzene rings is 2. The fourth-order valence-corrected chi connectivity index (χ4v) is 4.08. The standard InChI is InChI=1S/C22H15FN4O3/c23-18-6-3-14(7-15(18)11-24)22-25-21(26-30-22)13-2-1-12-8-16-4-5-17(10-20(28)29)27(16)19(12)9-13/h1-3,6-9,17H,4-5,10H2,(H,28,29). The van der Waals surface area contributed by atoms with Crippen molar-refractivity contribution in [3.63, 3.8) is 0 Å². The maximum Gasteiger partial charge on any atom is 0.305 e. The van der Waals surface area contributed by atoms with Gasteiger partial charge in [0, 0.05) is 28.4 Å². The molecule has 0 saturated carbocycles. The molecule has 0 fully saturated rings. The SMILES string of the molecule is N#Cc1cc(-c2nc(-c3ccc4cc5n(c4c3)C(CC(=O)O)CC5)no2)ccc1F. The summed E-state index contributed by atoms with van der Waals surface area (Å²) in [5.41, 5.74) is 3.14. The molecule has 0 aliphatic carbocycles. The minimum absolute atomic E-state index is 0.0744. The summed E-state index contributed by atoms with van der Waals surface area (Å²) < 4.78 is 21.0. The van der Waals surface area contributed by atoms with Gasteiger partial charge in [0.25, 0.3) is 5.89 Å². The molecule has 30 heavy (non-hydrogen) atoms. The Morgan fingerprint density at radius 2 is 2.10 bits per heavy atom. The average Bonchev–Trinajstić information content (AvgIpc) is 3.44. The Morgan fingerprint density at radius 1 is 1.27 bits per heavy atom. The highest BCUT2D eigenvalue weighted by molar-refractivity contribution is 5.86. The van der Waals surface area contributed by atoms with Crippen LogP contribution in [0.2, 0.25) is 0 Å². The minimum atomic E-state index is -0.815. The number of aromatic nitrogens is 3. The second-order valence-electron chi connectivity index (χ2n) is 7.30. The van der Waals surface area contributed by atoms with Crippen LogP contribution in [0.5, 0.6) is 0 Å². The molecular formula is C22H15FN4O3. The molecule has 4 aromatic rings. The van der Waals surface area contributed by atoms with Crippen molar-refractivity contribution in [3.05, 3.63) is 59.5 Å². The molecule has 1 unspecified atom stereocenters. The van der Waals surface area contributed by atoms with E-state index in [1.54, 1.807) is 6.07 Å². The molecule has 148 valence electrons. The lowest BCUT2D eigenvalue weighted by Crippen LogP contribution is -2.09. The lowest BCUT2D eigenvalue weighted by atomic mass is 10.1. The van der Waals surface area contributed by atoms with E-state index in [-0.39, 0.29) is 23.9 Å². The first-order chi connectivity index (χ1) is 14.5. The first kappa shape index (κ1) is 18.1. The van der Waals surface area contributed by atoms with E-state index >= 15 is 0 Å². The van der Waals surface area contributed by atoms with Gasteiger partial charge in [-0.2, -0.15) is 10.2 Å². The molecule has 1 N–H and O–H groups in total. The minimum Gasteiger partial charge on any atom is -0.481 e. The van der Waals surface area contributed by atoms with Crippen molar-refractivity contribution in [1.29, 1.82) is 5.26 Å². The maximum atomic E-state index is 13.6. The van der Waals surface area contributed by atoms with Crippen LogP contribution in [0.3, 0.4) is 0 Å². The monoisotopic (exact) mass is 402 g/mol. The van der Waals surface area contributed by atoms with Gasteiger partial charge < -0.3 is 14.2 Å². The number of fused-ring (bicyclic) bond motifs is 3. The van der Waals surface area contributed by atoms with Gasteiger partial charge in [0.2, 0.25) is 5.82 Å². The number of carbonyl (C=O) groups is 1. The van der Waals surface area contributed by atoms with Crippen LogP contribution in [0.1, 0.15) is 30.1 Å². The predicted octanol–water partition coefficient (Wildman–Crippen LogP) is 4.33. The Hall–Kier alpha value is -3.99. The Balaban J connectivity index is 1.54. The van der Waals surface area contributed by atoms with Gasteiger partial charge in [-0.25, -0.2) is 4.39 Å². The van der Waals surface area contributed by atoms with Crippen LogP contribution in [-0.4, -0.2) is 25.8 Å². The highest BCUT2D eigenvalue weighted by atomic mass is 19.1. The van der Waals surface area contributed by atoms with Crippen LogP contribution < -0.4 is 0 Å². The van der Waals surface area contributed by atoms with Gasteiger partial charge in [-0.15, -0.1) is 0 Å². The summed E-state index contributed by atoms with van der Waals surface area (Å²) >= 11 is 0. The molecule has 5 rings (SSSR count). The highest BCUT2D eigenvalue weighted by Gasteiger charge is 2.26. The Kier molecular flexibility index (Phi) is 4.10. The molecule has 0 bridgehead atoms. The van der Waals surface area contributed by atoms with Crippen LogP contribution in [-0.2, 0) is 11.2 Å². The molecule has 1 aliphatic rings. The Labute approximate surface area is 170 Å². The van der Waals surface area contributed by atoms with Crippen molar-refractivity contribution in [2.45, 2.75) is 25.3 Å². The van der Waals surface area contributed by atoms with Gasteiger partial charge in [0.05, 0.1) is 12.0 Å². The summed E-state index contributed by atoms with van der Waals surface area (Å²) in [6, 6.07) is 13.6. The molecule has 8 heteroatoms. The van der Waals surface area contributed by atoms with Gasteiger partial charge in [0.1, 0.15) is 11.9 Å². The Bertz CT molecular complexity index is 1350. The number of hydrogen-bond acceptors (Lipinski definition) is 5. The van der Waals surface area contributed by atoms with Gasteiger partial charge in [0.15, 0.2) is 0 Å². The van der Waals surface area contributed by atoms with Crippen molar-refractivity contribution in [2.75, 3.05) is 0 Å². The maximum absolute atomic E-state index is 13.6. The number of aryl methyl sites for hydroxylation is 1. The third kappa shape index (κ3) is 2.92. The van der Waals surface area contributed by atoms with Gasteiger partial charge in [-0.05, 0) is 48.6 Å². The van der Waals surface area contributed by atoms with Crippen LogP contribution in [0.15, 0.2) is 47.0 Å². The van der Waals surface area contributed by atoms with E-state index in [0.717, 1.165) is 35.0 Å². The summed E-state index contributed by atoms with van der Waals surface area (Å²) in [5.74, 6) is -0.877. The lowest BCUT2D eigenvalue weighted by Gasteiger charge is -2.13. The molecule has 0 saturated heterocycles. The summed E-state index contributed by atoms with van der Waals surface area (Å²) in [6.45, 7) is 0. The summed E-state index contributed by atoms with van der Waals surface area (Å²) in [4.78, 5) is 15.6. The number of carboxylic acids is 1. The van der Waals surface area contributed by atoms with E-state index in [2.05, 4.69) is 20.8 Å². The molecule has 0 spiro atoms. The fourth-order valence-electron chi connectivity index (χ4n) is 4.08. The van der Waals surface area contributed by atoms with Crippen LogP contribution in [0.25, 0.3) is 33.7 Å². The normalized spacial score (nSPS) is 15.3. The van der Waals surface area contributed by atoms with Gasteiger partial charge in [-0.1, -0.05) is 17.3 Å². The summed E-state index contributed by atoms with van der Waals surface area (Å²) in [7, 11) is 0. The zero-order valence-corrected chi connectivity index (χ0v) is 15.7. The van der Waals surface area contributed by atoms with Gasteiger partial charge >= 0.3 is 5.97 Å². The highest BCUT2D eigenvalue weighted by Crippen LogP contribution is 2.36. The zero-order chi connectivity index (χ0) is 20.8. The largest absolute Gasteiger partial charge is 0.481 e. The quantitative estimate of drug-likeness (QED) is 0.545. The molecule has 7 nitrogen and oxygen atoms in total. The number of rotatable bonds is 4.